The topological polar surface area (TPSA) is 53.3 Å². The van der Waals surface area contributed by atoms with Crippen LogP contribution in [0.25, 0.3) is 0 Å². The summed E-state index contributed by atoms with van der Waals surface area (Å²) in [6.07, 6.45) is 3.63. The predicted molar refractivity (Wildman–Crippen MR) is 64.7 cm³/mol. The van der Waals surface area contributed by atoms with E-state index in [1.165, 1.54) is 0 Å². The van der Waals surface area contributed by atoms with Crippen molar-refractivity contribution >= 4 is 5.97 Å². The van der Waals surface area contributed by atoms with Gasteiger partial charge in [0.25, 0.3) is 0 Å². The maximum absolute atomic E-state index is 11.7. The SMILES string of the molecule is CC(C)(C)C(=O)ON1CCC(CCC#N)CC1. The molecule has 0 aliphatic carbocycles. The van der Waals surface area contributed by atoms with E-state index in [-0.39, 0.29) is 5.97 Å². The molecular weight excluding hydrogens is 216 g/mol. The molecule has 0 N–H and O–H groups in total. The molecule has 0 aromatic carbocycles. The van der Waals surface area contributed by atoms with Crippen molar-refractivity contribution < 1.29 is 9.63 Å². The van der Waals surface area contributed by atoms with Crippen LogP contribution in [-0.4, -0.2) is 24.1 Å². The second kappa shape index (κ2) is 6.02. The predicted octanol–water partition coefficient (Wildman–Crippen LogP) is 2.51. The number of hydroxylamine groups is 2. The summed E-state index contributed by atoms with van der Waals surface area (Å²) in [7, 11) is 0. The molecule has 1 heterocycles. The minimum Gasteiger partial charge on any atom is -0.367 e. The lowest BCUT2D eigenvalue weighted by Crippen LogP contribution is -2.38. The fourth-order valence-corrected chi connectivity index (χ4v) is 1.81. The lowest BCUT2D eigenvalue weighted by molar-refractivity contribution is -0.206. The van der Waals surface area contributed by atoms with Gasteiger partial charge in [0.1, 0.15) is 0 Å². The second-order valence-corrected chi connectivity index (χ2v) is 5.70. The van der Waals surface area contributed by atoms with E-state index in [4.69, 9.17) is 10.1 Å². The van der Waals surface area contributed by atoms with Crippen molar-refractivity contribution in [3.8, 4) is 6.07 Å². The van der Waals surface area contributed by atoms with Gasteiger partial charge < -0.3 is 4.84 Å². The van der Waals surface area contributed by atoms with Crippen LogP contribution in [0.4, 0.5) is 0 Å². The maximum Gasteiger partial charge on any atom is 0.330 e. The molecule has 0 bridgehead atoms. The summed E-state index contributed by atoms with van der Waals surface area (Å²) in [6, 6.07) is 2.18. The minimum atomic E-state index is -0.447. The third-order valence-corrected chi connectivity index (χ3v) is 3.06. The van der Waals surface area contributed by atoms with Crippen molar-refractivity contribution in [2.45, 2.75) is 46.5 Å². The molecule has 1 saturated heterocycles. The van der Waals surface area contributed by atoms with E-state index in [2.05, 4.69) is 6.07 Å². The molecule has 0 aromatic rings. The van der Waals surface area contributed by atoms with Crippen LogP contribution in [-0.2, 0) is 9.63 Å². The number of piperidine rings is 1. The Morgan fingerprint density at radius 3 is 2.47 bits per heavy atom. The molecule has 0 spiro atoms. The van der Waals surface area contributed by atoms with Crippen LogP contribution in [0.1, 0.15) is 46.5 Å². The first kappa shape index (κ1) is 14.0. The van der Waals surface area contributed by atoms with Crippen LogP contribution in [0, 0.1) is 22.7 Å². The Morgan fingerprint density at radius 1 is 1.41 bits per heavy atom. The number of hydrogen-bond donors (Lipinski definition) is 0. The number of carbonyl (C=O) groups is 1. The van der Waals surface area contributed by atoms with Crippen molar-refractivity contribution in [2.24, 2.45) is 11.3 Å². The van der Waals surface area contributed by atoms with E-state index in [0.717, 1.165) is 32.4 Å². The van der Waals surface area contributed by atoms with Crippen LogP contribution < -0.4 is 0 Å². The molecule has 17 heavy (non-hydrogen) atoms. The average molecular weight is 238 g/mol. The monoisotopic (exact) mass is 238 g/mol. The molecule has 1 aliphatic heterocycles. The van der Waals surface area contributed by atoms with Crippen molar-refractivity contribution in [2.75, 3.05) is 13.1 Å². The van der Waals surface area contributed by atoms with E-state index in [9.17, 15) is 4.79 Å². The average Bonchev–Trinajstić information content (AvgIpc) is 2.27. The molecule has 0 unspecified atom stereocenters. The first-order valence-corrected chi connectivity index (χ1v) is 6.28. The number of nitrogens with zero attached hydrogens (tertiary/aromatic N) is 2. The van der Waals surface area contributed by atoms with Crippen LogP contribution in [0.5, 0.6) is 0 Å². The summed E-state index contributed by atoms with van der Waals surface area (Å²) < 4.78 is 0. The minimum absolute atomic E-state index is 0.173. The van der Waals surface area contributed by atoms with Gasteiger partial charge in [-0.15, -0.1) is 5.06 Å². The van der Waals surface area contributed by atoms with Crippen LogP contribution in [0.2, 0.25) is 0 Å². The summed E-state index contributed by atoms with van der Waals surface area (Å²) in [5.41, 5.74) is -0.447. The smallest absolute Gasteiger partial charge is 0.330 e. The largest absolute Gasteiger partial charge is 0.367 e. The number of nitriles is 1. The maximum atomic E-state index is 11.7. The zero-order chi connectivity index (χ0) is 12.9. The standard InChI is InChI=1S/C13H22N2O2/c1-13(2,3)12(16)17-15-9-6-11(7-10-15)5-4-8-14/h11H,4-7,9-10H2,1-3H3. The Morgan fingerprint density at radius 2 is 2.00 bits per heavy atom. The van der Waals surface area contributed by atoms with Gasteiger partial charge in [-0.2, -0.15) is 5.26 Å². The van der Waals surface area contributed by atoms with Gasteiger partial charge in [0.05, 0.1) is 11.5 Å². The van der Waals surface area contributed by atoms with E-state index in [1.54, 1.807) is 5.06 Å². The quantitative estimate of drug-likeness (QED) is 0.758. The van der Waals surface area contributed by atoms with Crippen LogP contribution in [0.15, 0.2) is 0 Å². The van der Waals surface area contributed by atoms with Gasteiger partial charge in [0, 0.05) is 19.5 Å². The molecule has 1 aliphatic rings. The summed E-state index contributed by atoms with van der Waals surface area (Å²) in [4.78, 5) is 17.0. The Bertz CT molecular complexity index is 294. The highest BCUT2D eigenvalue weighted by Gasteiger charge is 2.28. The van der Waals surface area contributed by atoms with Gasteiger partial charge in [0.2, 0.25) is 0 Å². The second-order valence-electron chi connectivity index (χ2n) is 5.70. The Labute approximate surface area is 103 Å². The van der Waals surface area contributed by atoms with Crippen molar-refractivity contribution in [1.29, 1.82) is 5.26 Å². The van der Waals surface area contributed by atoms with Crippen LogP contribution >= 0.6 is 0 Å². The lowest BCUT2D eigenvalue weighted by Gasteiger charge is -2.31. The highest BCUT2D eigenvalue weighted by molar-refractivity contribution is 5.75. The molecule has 4 nitrogen and oxygen atoms in total. The third-order valence-electron chi connectivity index (χ3n) is 3.06. The van der Waals surface area contributed by atoms with E-state index in [1.807, 2.05) is 20.8 Å². The molecule has 4 heteroatoms. The summed E-state index contributed by atoms with van der Waals surface area (Å²) in [6.45, 7) is 7.15. The Hall–Kier alpha value is -1.08. The molecule has 1 fully saturated rings. The Kier molecular flexibility index (Phi) is 4.95. The summed E-state index contributed by atoms with van der Waals surface area (Å²) >= 11 is 0. The normalized spacial score (nSPS) is 18.7. The van der Waals surface area contributed by atoms with Crippen LogP contribution in [0.3, 0.4) is 0 Å². The summed E-state index contributed by atoms with van der Waals surface area (Å²) in [5.74, 6) is 0.437. The van der Waals surface area contributed by atoms with Gasteiger partial charge in [-0.05, 0) is 46.0 Å². The zero-order valence-electron chi connectivity index (χ0n) is 11.0. The number of rotatable bonds is 3. The molecular formula is C13H22N2O2. The first-order valence-electron chi connectivity index (χ1n) is 6.28. The highest BCUT2D eigenvalue weighted by atomic mass is 16.7. The zero-order valence-corrected chi connectivity index (χ0v) is 11.0. The van der Waals surface area contributed by atoms with E-state index in [0.29, 0.717) is 12.3 Å². The van der Waals surface area contributed by atoms with Gasteiger partial charge in [-0.1, -0.05) is 0 Å². The molecule has 0 atom stereocenters. The van der Waals surface area contributed by atoms with Gasteiger partial charge >= 0.3 is 5.97 Å². The van der Waals surface area contributed by atoms with Gasteiger partial charge in [-0.25, -0.2) is 4.79 Å². The highest BCUT2D eigenvalue weighted by Crippen LogP contribution is 2.23. The molecule has 0 radical (unpaired) electrons. The van der Waals surface area contributed by atoms with Gasteiger partial charge in [0.15, 0.2) is 0 Å². The molecule has 0 aromatic heterocycles. The number of hydrogen-bond acceptors (Lipinski definition) is 4. The van der Waals surface area contributed by atoms with Crippen molar-refractivity contribution in [1.82, 2.24) is 5.06 Å². The molecule has 0 amide bonds. The lowest BCUT2D eigenvalue weighted by atomic mass is 9.93. The third kappa shape index (κ3) is 4.74. The summed E-state index contributed by atoms with van der Waals surface area (Å²) in [5, 5.41) is 10.3. The van der Waals surface area contributed by atoms with E-state index >= 15 is 0 Å². The van der Waals surface area contributed by atoms with E-state index < -0.39 is 5.41 Å². The van der Waals surface area contributed by atoms with Crippen molar-refractivity contribution in [3.63, 3.8) is 0 Å². The number of carbonyl (C=O) groups excluding carboxylic acids is 1. The molecule has 1 rings (SSSR count). The Balaban J connectivity index is 2.28. The molecule has 96 valence electrons. The van der Waals surface area contributed by atoms with Gasteiger partial charge in [-0.3, -0.25) is 0 Å². The molecule has 0 saturated carbocycles. The van der Waals surface area contributed by atoms with Crippen molar-refractivity contribution in [3.05, 3.63) is 0 Å². The fraction of sp³-hybridized carbons (Fsp3) is 0.846. The fourth-order valence-electron chi connectivity index (χ4n) is 1.81. The first-order chi connectivity index (χ1) is 7.93.